The van der Waals surface area contributed by atoms with Crippen LogP contribution in [0.4, 0.5) is 0 Å². The van der Waals surface area contributed by atoms with E-state index in [0.717, 1.165) is 0 Å². The molecule has 0 aromatic heterocycles. The van der Waals surface area contributed by atoms with Crippen LogP contribution >= 0.6 is 0 Å². The molecule has 0 aliphatic heterocycles. The minimum Gasteiger partial charge on any atom is -0.351 e. The average molecular weight is 298 g/mol. The van der Waals surface area contributed by atoms with Crippen molar-refractivity contribution in [1.29, 1.82) is 0 Å². The Labute approximate surface area is 120 Å². The van der Waals surface area contributed by atoms with Gasteiger partial charge < -0.3 is 5.32 Å². The lowest BCUT2D eigenvalue weighted by molar-refractivity contribution is 0.0924. The van der Waals surface area contributed by atoms with E-state index in [0.29, 0.717) is 12.5 Å². The second-order valence-electron chi connectivity index (χ2n) is 5.90. The van der Waals surface area contributed by atoms with Crippen LogP contribution in [0.5, 0.6) is 0 Å². The van der Waals surface area contributed by atoms with Crippen molar-refractivity contribution >= 4 is 15.9 Å². The van der Waals surface area contributed by atoms with Gasteiger partial charge in [-0.1, -0.05) is 33.8 Å². The molecule has 0 spiro atoms. The zero-order valence-electron chi connectivity index (χ0n) is 12.3. The number of benzene rings is 1. The number of hydrogen-bond donors (Lipinski definition) is 2. The Balaban J connectivity index is 2.84. The van der Waals surface area contributed by atoms with Crippen LogP contribution in [-0.2, 0) is 10.0 Å². The van der Waals surface area contributed by atoms with Crippen LogP contribution in [0, 0.1) is 11.3 Å². The highest BCUT2D eigenvalue weighted by molar-refractivity contribution is 7.89. The minimum atomic E-state index is -3.80. The van der Waals surface area contributed by atoms with Crippen molar-refractivity contribution in [3.63, 3.8) is 0 Å². The second-order valence-corrected chi connectivity index (χ2v) is 7.46. The van der Waals surface area contributed by atoms with E-state index in [4.69, 9.17) is 5.14 Å². The topological polar surface area (TPSA) is 89.3 Å². The fraction of sp³-hybridized carbons (Fsp3) is 0.500. The molecule has 0 unspecified atom stereocenters. The average Bonchev–Trinajstić information content (AvgIpc) is 2.35. The molecule has 0 heterocycles. The molecule has 0 atom stereocenters. The molecule has 0 aliphatic rings. The van der Waals surface area contributed by atoms with Crippen LogP contribution in [0.25, 0.3) is 0 Å². The zero-order chi connectivity index (χ0) is 15.6. The number of hydrogen-bond acceptors (Lipinski definition) is 3. The number of amides is 1. The van der Waals surface area contributed by atoms with Gasteiger partial charge in [0.1, 0.15) is 0 Å². The molecule has 0 fully saturated rings. The van der Waals surface area contributed by atoms with E-state index >= 15 is 0 Å². The van der Waals surface area contributed by atoms with Gasteiger partial charge in [0.15, 0.2) is 0 Å². The molecule has 112 valence electrons. The Kier molecular flexibility index (Phi) is 4.94. The number of carbonyl (C=O) groups excluding carboxylic acids is 1. The summed E-state index contributed by atoms with van der Waals surface area (Å²) in [5.41, 5.74) is 0.254. The highest BCUT2D eigenvalue weighted by atomic mass is 32.2. The Hall–Kier alpha value is -1.40. The fourth-order valence-electron chi connectivity index (χ4n) is 1.43. The van der Waals surface area contributed by atoms with Crippen LogP contribution in [-0.4, -0.2) is 20.9 Å². The maximum atomic E-state index is 12.0. The molecule has 0 saturated heterocycles. The summed E-state index contributed by atoms with van der Waals surface area (Å²) in [5.74, 6) is 0.114. The normalized spacial score (nSPS) is 12.5. The molecule has 6 heteroatoms. The first-order valence-corrected chi connectivity index (χ1v) is 8.00. The van der Waals surface area contributed by atoms with E-state index in [1.54, 1.807) is 6.07 Å². The summed E-state index contributed by atoms with van der Waals surface area (Å²) in [6.07, 6.45) is 0. The molecule has 0 aliphatic carbocycles. The summed E-state index contributed by atoms with van der Waals surface area (Å²) in [7, 11) is -3.80. The van der Waals surface area contributed by atoms with Crippen LogP contribution < -0.4 is 10.5 Å². The van der Waals surface area contributed by atoms with Gasteiger partial charge in [-0.05, 0) is 29.5 Å². The van der Waals surface area contributed by atoms with E-state index < -0.39 is 10.0 Å². The van der Waals surface area contributed by atoms with Gasteiger partial charge in [0, 0.05) is 12.1 Å². The van der Waals surface area contributed by atoms with Gasteiger partial charge in [-0.2, -0.15) is 0 Å². The number of sulfonamides is 1. The van der Waals surface area contributed by atoms with Gasteiger partial charge in [0.2, 0.25) is 10.0 Å². The lowest BCUT2D eigenvalue weighted by Crippen LogP contribution is -2.37. The number of carbonyl (C=O) groups is 1. The Bertz CT molecular complexity index is 592. The highest BCUT2D eigenvalue weighted by Crippen LogP contribution is 2.24. The quantitative estimate of drug-likeness (QED) is 0.867. The number of nitrogens with one attached hydrogen (secondary N) is 1. The lowest BCUT2D eigenvalue weighted by Gasteiger charge is -2.29. The minimum absolute atomic E-state index is 0.0345. The third-order valence-electron chi connectivity index (χ3n) is 3.69. The van der Waals surface area contributed by atoms with Gasteiger partial charge in [-0.15, -0.1) is 0 Å². The standard InChI is InChI=1S/C14H22N2O3S/c1-10(2)14(3,4)9-16-13(17)11-6-5-7-12(8-11)20(15,18)19/h5-8,10H,9H2,1-4H3,(H,16,17)(H2,15,18,19). The van der Waals surface area contributed by atoms with E-state index in [-0.39, 0.29) is 21.8 Å². The predicted octanol–water partition coefficient (Wildman–Crippen LogP) is 1.75. The van der Waals surface area contributed by atoms with Crippen molar-refractivity contribution in [2.45, 2.75) is 32.6 Å². The van der Waals surface area contributed by atoms with Crippen molar-refractivity contribution in [3.05, 3.63) is 29.8 Å². The Morgan fingerprint density at radius 1 is 1.35 bits per heavy atom. The van der Waals surface area contributed by atoms with Crippen molar-refractivity contribution in [1.82, 2.24) is 5.32 Å². The molecular weight excluding hydrogens is 276 g/mol. The smallest absolute Gasteiger partial charge is 0.251 e. The molecule has 0 radical (unpaired) electrons. The first-order valence-electron chi connectivity index (χ1n) is 6.45. The monoisotopic (exact) mass is 298 g/mol. The van der Waals surface area contributed by atoms with E-state index in [1.165, 1.54) is 18.2 Å². The molecule has 1 rings (SSSR count). The number of nitrogens with two attached hydrogens (primary N) is 1. The maximum absolute atomic E-state index is 12.0. The first-order chi connectivity index (χ1) is 9.04. The number of rotatable bonds is 5. The van der Waals surface area contributed by atoms with Gasteiger partial charge in [0.05, 0.1) is 4.90 Å². The second kappa shape index (κ2) is 5.93. The summed E-state index contributed by atoms with van der Waals surface area (Å²) in [4.78, 5) is 12.0. The molecular formula is C14H22N2O3S. The third-order valence-corrected chi connectivity index (χ3v) is 4.60. The molecule has 1 amide bonds. The molecule has 3 N–H and O–H groups in total. The summed E-state index contributed by atoms with van der Waals surface area (Å²) in [5, 5.41) is 7.87. The summed E-state index contributed by atoms with van der Waals surface area (Å²) < 4.78 is 22.5. The van der Waals surface area contributed by atoms with Gasteiger partial charge in [-0.3, -0.25) is 4.79 Å². The molecule has 1 aromatic rings. The summed E-state index contributed by atoms with van der Waals surface area (Å²) in [6, 6.07) is 5.71. The largest absolute Gasteiger partial charge is 0.351 e. The molecule has 0 bridgehead atoms. The molecule has 5 nitrogen and oxygen atoms in total. The number of primary sulfonamides is 1. The van der Waals surface area contributed by atoms with Gasteiger partial charge in [0.25, 0.3) is 5.91 Å². The predicted molar refractivity (Wildman–Crippen MR) is 78.8 cm³/mol. The Morgan fingerprint density at radius 2 is 1.95 bits per heavy atom. The maximum Gasteiger partial charge on any atom is 0.251 e. The summed E-state index contributed by atoms with van der Waals surface area (Å²) in [6.45, 7) is 8.84. The van der Waals surface area contributed by atoms with Crippen molar-refractivity contribution in [3.8, 4) is 0 Å². The van der Waals surface area contributed by atoms with Gasteiger partial charge >= 0.3 is 0 Å². The zero-order valence-corrected chi connectivity index (χ0v) is 13.1. The fourth-order valence-corrected chi connectivity index (χ4v) is 1.99. The van der Waals surface area contributed by atoms with E-state index in [9.17, 15) is 13.2 Å². The molecule has 1 aromatic carbocycles. The van der Waals surface area contributed by atoms with Crippen molar-refractivity contribution in [2.75, 3.05) is 6.54 Å². The van der Waals surface area contributed by atoms with E-state index in [2.05, 4.69) is 33.0 Å². The summed E-state index contributed by atoms with van der Waals surface area (Å²) >= 11 is 0. The van der Waals surface area contributed by atoms with Crippen molar-refractivity contribution < 1.29 is 13.2 Å². The van der Waals surface area contributed by atoms with Crippen LogP contribution in [0.2, 0.25) is 0 Å². The highest BCUT2D eigenvalue weighted by Gasteiger charge is 2.23. The van der Waals surface area contributed by atoms with Crippen LogP contribution in [0.15, 0.2) is 29.2 Å². The Morgan fingerprint density at radius 3 is 2.45 bits per heavy atom. The first kappa shape index (κ1) is 16.7. The molecule has 20 heavy (non-hydrogen) atoms. The molecule has 0 saturated carbocycles. The van der Waals surface area contributed by atoms with Gasteiger partial charge in [-0.25, -0.2) is 13.6 Å². The van der Waals surface area contributed by atoms with E-state index in [1.807, 2.05) is 0 Å². The third kappa shape index (κ3) is 4.31. The van der Waals surface area contributed by atoms with Crippen molar-refractivity contribution in [2.24, 2.45) is 16.5 Å². The SMILES string of the molecule is CC(C)C(C)(C)CNC(=O)c1cccc(S(N)(=O)=O)c1. The lowest BCUT2D eigenvalue weighted by atomic mass is 9.81. The van der Waals surface area contributed by atoms with Crippen LogP contribution in [0.1, 0.15) is 38.1 Å². The van der Waals surface area contributed by atoms with Crippen LogP contribution in [0.3, 0.4) is 0 Å².